The monoisotopic (exact) mass is 297 g/mol. The third kappa shape index (κ3) is 3.94. The van der Waals surface area contributed by atoms with E-state index in [4.69, 9.17) is 12.6 Å². The van der Waals surface area contributed by atoms with Crippen LogP contribution in [0.4, 0.5) is 0 Å². The van der Waals surface area contributed by atoms with E-state index in [2.05, 4.69) is 18.7 Å². The quantitative estimate of drug-likeness (QED) is 0.635. The van der Waals surface area contributed by atoms with E-state index in [0.717, 1.165) is 17.7 Å². The summed E-state index contributed by atoms with van der Waals surface area (Å²) in [4.78, 5) is 2.88. The zero-order valence-electron chi connectivity index (χ0n) is 13.7. The first-order valence-corrected chi connectivity index (χ1v) is 9.73. The molecule has 0 aromatic carbocycles. The highest BCUT2D eigenvalue weighted by Crippen LogP contribution is 2.39. The number of hydrogen-bond acceptors (Lipinski definition) is 2. The molecule has 1 nitrogen and oxygen atoms in total. The smallest absolute Gasteiger partial charge is 0.0124 e. The summed E-state index contributed by atoms with van der Waals surface area (Å²) in [6.07, 6.45) is 14.2. The first kappa shape index (κ1) is 16.7. The third-order valence-corrected chi connectivity index (χ3v) is 6.46. The van der Waals surface area contributed by atoms with Crippen LogP contribution in [0.25, 0.3) is 0 Å². The molecule has 20 heavy (non-hydrogen) atoms. The summed E-state index contributed by atoms with van der Waals surface area (Å²) in [5.41, 5.74) is 0.478. The van der Waals surface area contributed by atoms with Crippen molar-refractivity contribution in [3.05, 3.63) is 0 Å². The van der Waals surface area contributed by atoms with E-state index in [1.54, 1.807) is 0 Å². The van der Waals surface area contributed by atoms with E-state index in [9.17, 15) is 0 Å². The van der Waals surface area contributed by atoms with Crippen molar-refractivity contribution < 1.29 is 0 Å². The molecule has 0 amide bonds. The molecule has 2 aliphatic rings. The van der Waals surface area contributed by atoms with Crippen molar-refractivity contribution in [2.24, 2.45) is 11.3 Å². The third-order valence-electron chi connectivity index (χ3n) is 5.79. The summed E-state index contributed by atoms with van der Waals surface area (Å²) in [5, 5.41) is 0. The topological polar surface area (TPSA) is 3.24 Å². The van der Waals surface area contributed by atoms with E-state index >= 15 is 0 Å². The Kier molecular flexibility index (Phi) is 6.74. The van der Waals surface area contributed by atoms with Crippen LogP contribution in [0.2, 0.25) is 0 Å². The molecule has 0 radical (unpaired) electrons. The normalized spacial score (nSPS) is 28.4. The summed E-state index contributed by atoms with van der Waals surface area (Å²) in [6, 6.07) is 0.908. The van der Waals surface area contributed by atoms with Gasteiger partial charge in [0.1, 0.15) is 0 Å². The second-order valence-electron chi connectivity index (χ2n) is 7.38. The van der Waals surface area contributed by atoms with Crippen molar-refractivity contribution in [2.75, 3.05) is 18.8 Å². The van der Waals surface area contributed by atoms with Crippen LogP contribution in [0.5, 0.6) is 0 Å². The van der Waals surface area contributed by atoms with Crippen LogP contribution < -0.4 is 0 Å². The molecule has 1 saturated carbocycles. The molecule has 118 valence electrons. The zero-order chi connectivity index (χ0) is 14.4. The minimum atomic E-state index is 0.478. The van der Waals surface area contributed by atoms with E-state index in [1.165, 1.54) is 77.3 Å². The molecule has 2 atom stereocenters. The van der Waals surface area contributed by atoms with E-state index in [-0.39, 0.29) is 0 Å². The average Bonchev–Trinajstić information content (AvgIpc) is 2.48. The van der Waals surface area contributed by atoms with Gasteiger partial charge in [-0.2, -0.15) is 12.6 Å². The van der Waals surface area contributed by atoms with Crippen molar-refractivity contribution in [3.63, 3.8) is 0 Å². The van der Waals surface area contributed by atoms with E-state index < -0.39 is 0 Å². The zero-order valence-corrected chi connectivity index (χ0v) is 14.6. The van der Waals surface area contributed by atoms with Gasteiger partial charge in [-0.25, -0.2) is 0 Å². The highest BCUT2D eigenvalue weighted by molar-refractivity contribution is 7.80. The number of hydrogen-bond donors (Lipinski definition) is 1. The Morgan fingerprint density at radius 3 is 2.30 bits per heavy atom. The van der Waals surface area contributed by atoms with Crippen LogP contribution in [0.1, 0.15) is 78.1 Å². The number of rotatable bonds is 7. The van der Waals surface area contributed by atoms with Gasteiger partial charge in [0, 0.05) is 12.6 Å². The summed E-state index contributed by atoms with van der Waals surface area (Å²) < 4.78 is 0. The van der Waals surface area contributed by atoms with Crippen LogP contribution in [0.15, 0.2) is 0 Å². The maximum Gasteiger partial charge on any atom is 0.0124 e. The maximum atomic E-state index is 4.76. The molecule has 0 spiro atoms. The van der Waals surface area contributed by atoms with Gasteiger partial charge in [-0.05, 0) is 62.2 Å². The lowest BCUT2D eigenvalue weighted by molar-refractivity contribution is 0.0239. The Hall–Kier alpha value is 0.310. The molecule has 1 saturated heterocycles. The molecule has 0 aromatic rings. The fourth-order valence-corrected chi connectivity index (χ4v) is 5.32. The molecule has 2 fully saturated rings. The van der Waals surface area contributed by atoms with E-state index in [0.29, 0.717) is 5.41 Å². The molecule has 1 heterocycles. The minimum absolute atomic E-state index is 0.478. The summed E-state index contributed by atoms with van der Waals surface area (Å²) >= 11 is 4.76. The summed E-state index contributed by atoms with van der Waals surface area (Å²) in [5.74, 6) is 2.08. The molecule has 2 heteroatoms. The molecule has 0 N–H and O–H groups in total. The van der Waals surface area contributed by atoms with Crippen molar-refractivity contribution in [3.8, 4) is 0 Å². The van der Waals surface area contributed by atoms with Crippen LogP contribution in [0.3, 0.4) is 0 Å². The molecule has 1 aliphatic carbocycles. The summed E-state index contributed by atoms with van der Waals surface area (Å²) in [7, 11) is 0. The van der Waals surface area contributed by atoms with E-state index in [1.807, 2.05) is 0 Å². The van der Waals surface area contributed by atoms with Gasteiger partial charge in [-0.15, -0.1) is 0 Å². The van der Waals surface area contributed by atoms with Crippen molar-refractivity contribution in [1.29, 1.82) is 0 Å². The maximum absolute atomic E-state index is 4.76. The predicted molar refractivity (Wildman–Crippen MR) is 92.7 cm³/mol. The fourth-order valence-electron chi connectivity index (χ4n) is 4.91. The Bertz CT molecular complexity index is 271. The largest absolute Gasteiger partial charge is 0.300 e. The average molecular weight is 298 g/mol. The van der Waals surface area contributed by atoms with Crippen LogP contribution in [-0.2, 0) is 0 Å². The fraction of sp³-hybridized carbons (Fsp3) is 1.00. The Morgan fingerprint density at radius 1 is 1.00 bits per heavy atom. The van der Waals surface area contributed by atoms with Gasteiger partial charge in [0.25, 0.3) is 0 Å². The number of fused-ring (bicyclic) bond motifs is 1. The minimum Gasteiger partial charge on any atom is -0.300 e. The molecular weight excluding hydrogens is 262 g/mol. The second kappa shape index (κ2) is 8.08. The van der Waals surface area contributed by atoms with Crippen molar-refractivity contribution in [1.82, 2.24) is 4.90 Å². The molecule has 1 aliphatic heterocycles. The molecule has 0 bridgehead atoms. The van der Waals surface area contributed by atoms with Gasteiger partial charge in [0.15, 0.2) is 0 Å². The van der Waals surface area contributed by atoms with Gasteiger partial charge in [-0.3, -0.25) is 4.90 Å². The van der Waals surface area contributed by atoms with Gasteiger partial charge < -0.3 is 0 Å². The highest BCUT2D eigenvalue weighted by Gasteiger charge is 2.37. The Balaban J connectivity index is 2.03. The number of nitrogens with zero attached hydrogens (tertiary/aromatic N) is 1. The lowest BCUT2D eigenvalue weighted by Gasteiger charge is -2.48. The second-order valence-corrected chi connectivity index (χ2v) is 7.70. The van der Waals surface area contributed by atoms with Gasteiger partial charge in [-0.1, -0.05) is 39.5 Å². The SMILES string of the molecule is CCCC(CS)(CCC)CN1CCCC2CCCCC21. The molecule has 2 unspecified atom stereocenters. The summed E-state index contributed by atoms with van der Waals surface area (Å²) in [6.45, 7) is 7.35. The van der Waals surface area contributed by atoms with Crippen molar-refractivity contribution in [2.45, 2.75) is 84.1 Å². The highest BCUT2D eigenvalue weighted by atomic mass is 32.1. The van der Waals surface area contributed by atoms with Gasteiger partial charge in [0.2, 0.25) is 0 Å². The number of piperidine rings is 1. The Labute approximate surface area is 132 Å². The van der Waals surface area contributed by atoms with Crippen LogP contribution in [-0.4, -0.2) is 29.8 Å². The number of thiol groups is 1. The number of likely N-dealkylation sites (tertiary alicyclic amines) is 1. The molecular formula is C18H35NS. The Morgan fingerprint density at radius 2 is 1.65 bits per heavy atom. The van der Waals surface area contributed by atoms with Crippen molar-refractivity contribution >= 4 is 12.6 Å². The van der Waals surface area contributed by atoms with Gasteiger partial charge in [0.05, 0.1) is 0 Å². The lowest BCUT2D eigenvalue weighted by Crippen LogP contribution is -2.51. The standard InChI is InChI=1S/C18H35NS/c1-3-11-18(15-20,12-4-2)14-19-13-7-9-16-8-5-6-10-17(16)19/h16-17,20H,3-15H2,1-2H3. The van der Waals surface area contributed by atoms with Crippen LogP contribution >= 0.6 is 12.6 Å². The first-order chi connectivity index (χ1) is 9.74. The molecule has 0 aromatic heterocycles. The lowest BCUT2D eigenvalue weighted by atomic mass is 9.75. The predicted octanol–water partition coefficient (Wildman–Crippen LogP) is 5.16. The van der Waals surface area contributed by atoms with Gasteiger partial charge >= 0.3 is 0 Å². The molecule has 2 rings (SSSR count). The first-order valence-electron chi connectivity index (χ1n) is 9.09. The van der Waals surface area contributed by atoms with Crippen LogP contribution in [0, 0.1) is 11.3 Å².